The Kier molecular flexibility index (Phi) is 5.98. The molecule has 0 bridgehead atoms. The lowest BCUT2D eigenvalue weighted by Gasteiger charge is -2.29. The summed E-state index contributed by atoms with van der Waals surface area (Å²) in [5, 5.41) is 8.46. The summed E-state index contributed by atoms with van der Waals surface area (Å²) in [6.07, 6.45) is 0.146. The quantitative estimate of drug-likeness (QED) is 0.313. The first-order valence-corrected chi connectivity index (χ1v) is 12.5. The molecule has 7 nitrogen and oxygen atoms in total. The maximum Gasteiger partial charge on any atom is 0.434 e. The molecule has 6 rings (SSSR count). The maximum absolute atomic E-state index is 13.4. The predicted octanol–water partition coefficient (Wildman–Crippen LogP) is 5.69. The molecular weight excluding hydrogens is 491 g/mol. The van der Waals surface area contributed by atoms with Crippen LogP contribution in [0.4, 0.5) is 13.2 Å². The number of nitrogens with one attached hydrogen (secondary N) is 1. The van der Waals surface area contributed by atoms with Crippen LogP contribution in [0.1, 0.15) is 42.6 Å². The Balaban J connectivity index is 1.30. The van der Waals surface area contributed by atoms with Crippen LogP contribution >= 0.6 is 0 Å². The highest BCUT2D eigenvalue weighted by Gasteiger charge is 2.36. The molecule has 0 radical (unpaired) electrons. The van der Waals surface area contributed by atoms with E-state index in [0.29, 0.717) is 42.8 Å². The highest BCUT2D eigenvalue weighted by Crippen LogP contribution is 2.33. The molecule has 0 unspecified atom stereocenters. The normalized spacial score (nSPS) is 14.4. The first-order chi connectivity index (χ1) is 18.3. The van der Waals surface area contributed by atoms with Gasteiger partial charge in [-0.25, -0.2) is 19.6 Å². The molecule has 1 N–H and O–H groups in total. The number of hydrogen-bond donors (Lipinski definition) is 1. The van der Waals surface area contributed by atoms with E-state index >= 15 is 0 Å². The number of alkyl halides is 3. The molecule has 4 heterocycles. The molecule has 0 saturated carbocycles. The summed E-state index contributed by atoms with van der Waals surface area (Å²) in [4.78, 5) is 13.4. The first-order valence-electron chi connectivity index (χ1n) is 12.5. The predicted molar refractivity (Wildman–Crippen MR) is 139 cm³/mol. The highest BCUT2D eigenvalue weighted by atomic mass is 19.4. The summed E-state index contributed by atoms with van der Waals surface area (Å²) in [5.74, 6) is 1.30. The van der Waals surface area contributed by atoms with Crippen molar-refractivity contribution in [2.24, 2.45) is 0 Å². The zero-order valence-electron chi connectivity index (χ0n) is 20.9. The maximum atomic E-state index is 13.4. The van der Waals surface area contributed by atoms with Crippen molar-refractivity contribution in [1.82, 2.24) is 34.6 Å². The third-order valence-corrected chi connectivity index (χ3v) is 6.92. The van der Waals surface area contributed by atoms with Crippen LogP contribution in [-0.2, 0) is 12.7 Å². The number of aromatic nitrogens is 6. The number of hydrogen-bond acceptors (Lipinski definition) is 5. The lowest BCUT2D eigenvalue weighted by molar-refractivity contribution is -0.140. The fourth-order valence-electron chi connectivity index (χ4n) is 4.74. The Bertz CT molecular complexity index is 1600. The van der Waals surface area contributed by atoms with Gasteiger partial charge in [0.05, 0.1) is 24.2 Å². The number of halogens is 3. The third-order valence-electron chi connectivity index (χ3n) is 6.92. The molecule has 1 aliphatic heterocycles. The highest BCUT2D eigenvalue weighted by molar-refractivity contribution is 5.76. The molecule has 2 aromatic carbocycles. The van der Waals surface area contributed by atoms with Gasteiger partial charge in [-0.05, 0) is 17.0 Å². The van der Waals surface area contributed by atoms with Crippen molar-refractivity contribution in [2.75, 3.05) is 13.1 Å². The van der Waals surface area contributed by atoms with E-state index in [1.54, 1.807) is 17.0 Å². The van der Waals surface area contributed by atoms with Gasteiger partial charge in [-0.1, -0.05) is 62.4 Å². The van der Waals surface area contributed by atoms with Crippen LogP contribution < -0.4 is 5.32 Å². The topological polar surface area (TPSA) is 73.5 Å². The summed E-state index contributed by atoms with van der Waals surface area (Å²) in [7, 11) is 0. The number of nitrogens with zero attached hydrogens (tertiary/aromatic N) is 6. The molecule has 194 valence electrons. The molecule has 3 aromatic heterocycles. The molecular formula is C28H26F3N7. The largest absolute Gasteiger partial charge is 0.434 e. The van der Waals surface area contributed by atoms with Gasteiger partial charge in [0.15, 0.2) is 17.2 Å². The number of rotatable bonds is 6. The minimum atomic E-state index is -4.49. The second-order valence-electron chi connectivity index (χ2n) is 9.88. The molecule has 1 saturated heterocycles. The van der Waals surface area contributed by atoms with Crippen molar-refractivity contribution in [3.05, 3.63) is 83.9 Å². The van der Waals surface area contributed by atoms with E-state index < -0.39 is 11.9 Å². The van der Waals surface area contributed by atoms with Gasteiger partial charge in [-0.15, -0.1) is 0 Å². The van der Waals surface area contributed by atoms with E-state index in [0.717, 1.165) is 28.4 Å². The lowest BCUT2D eigenvalue weighted by Crippen LogP contribution is -2.43. The second-order valence-corrected chi connectivity index (χ2v) is 9.88. The van der Waals surface area contributed by atoms with Gasteiger partial charge < -0.3 is 9.88 Å². The van der Waals surface area contributed by atoms with Crippen LogP contribution in [0.25, 0.3) is 33.8 Å². The molecule has 0 aliphatic carbocycles. The SMILES string of the molecule is CC(C)c1ccccc1-c1ncc2cnn(Cc3ccc(-c4nc(C(F)(F)F)cn4C4CNC4)cc3)c2n1. The molecule has 1 aliphatic rings. The van der Waals surface area contributed by atoms with Crippen molar-refractivity contribution in [3.8, 4) is 22.8 Å². The van der Waals surface area contributed by atoms with E-state index in [2.05, 4.69) is 40.3 Å². The molecule has 0 spiro atoms. The summed E-state index contributed by atoms with van der Waals surface area (Å²) in [5.41, 5.74) is 3.61. The average Bonchev–Trinajstić information content (AvgIpc) is 3.48. The molecule has 0 atom stereocenters. The van der Waals surface area contributed by atoms with Crippen LogP contribution in [0, 0.1) is 0 Å². The minimum absolute atomic E-state index is 0.0431. The average molecular weight is 518 g/mol. The molecule has 38 heavy (non-hydrogen) atoms. The van der Waals surface area contributed by atoms with Gasteiger partial charge in [0.2, 0.25) is 0 Å². The Morgan fingerprint density at radius 1 is 1.00 bits per heavy atom. The molecule has 10 heteroatoms. The smallest absolute Gasteiger partial charge is 0.325 e. The van der Waals surface area contributed by atoms with Crippen LogP contribution in [0.15, 0.2) is 67.1 Å². The Morgan fingerprint density at radius 2 is 1.76 bits per heavy atom. The summed E-state index contributed by atoms with van der Waals surface area (Å²) in [6, 6.07) is 15.5. The molecule has 5 aromatic rings. The number of benzene rings is 2. The number of fused-ring (bicyclic) bond motifs is 1. The van der Waals surface area contributed by atoms with Gasteiger partial charge in [0.25, 0.3) is 0 Å². The summed E-state index contributed by atoms with van der Waals surface area (Å²) >= 11 is 0. The third kappa shape index (κ3) is 4.45. The zero-order chi connectivity index (χ0) is 26.4. The Hall–Kier alpha value is -4.05. The van der Waals surface area contributed by atoms with Crippen LogP contribution in [0.5, 0.6) is 0 Å². The molecule has 1 fully saturated rings. The fraction of sp³-hybridized carbons (Fsp3) is 0.286. The van der Waals surface area contributed by atoms with Crippen LogP contribution in [0.3, 0.4) is 0 Å². The Labute approximate surface area is 217 Å². The standard InChI is InChI=1S/C28H26F3N7/c1-17(2)22-5-3-4-6-23(22)25-33-11-20-12-34-38(27(20)36-25)15-18-7-9-19(10-8-18)26-35-24(28(29,30)31)16-37(26)21-13-32-14-21/h3-12,16-17,21,32H,13-15H2,1-2H3. The monoisotopic (exact) mass is 517 g/mol. The fourth-order valence-corrected chi connectivity index (χ4v) is 4.74. The zero-order valence-corrected chi connectivity index (χ0v) is 20.9. The van der Waals surface area contributed by atoms with Crippen molar-refractivity contribution in [2.45, 2.75) is 38.5 Å². The van der Waals surface area contributed by atoms with E-state index in [-0.39, 0.29) is 6.04 Å². The minimum Gasteiger partial charge on any atom is -0.325 e. The van der Waals surface area contributed by atoms with E-state index in [9.17, 15) is 13.2 Å². The van der Waals surface area contributed by atoms with Crippen LogP contribution in [0.2, 0.25) is 0 Å². The van der Waals surface area contributed by atoms with Gasteiger partial charge >= 0.3 is 6.18 Å². The van der Waals surface area contributed by atoms with Crippen molar-refractivity contribution >= 4 is 11.0 Å². The van der Waals surface area contributed by atoms with Gasteiger partial charge in [-0.2, -0.15) is 18.3 Å². The van der Waals surface area contributed by atoms with E-state index in [4.69, 9.17) is 4.98 Å². The lowest BCUT2D eigenvalue weighted by atomic mass is 9.97. The first kappa shape index (κ1) is 24.3. The van der Waals surface area contributed by atoms with Gasteiger partial charge in [0, 0.05) is 36.6 Å². The van der Waals surface area contributed by atoms with Gasteiger partial charge in [0.1, 0.15) is 5.82 Å². The van der Waals surface area contributed by atoms with Crippen molar-refractivity contribution < 1.29 is 13.2 Å². The number of imidazole rings is 1. The Morgan fingerprint density at radius 3 is 2.45 bits per heavy atom. The second kappa shape index (κ2) is 9.36. The van der Waals surface area contributed by atoms with Gasteiger partial charge in [-0.3, -0.25) is 0 Å². The summed E-state index contributed by atoms with van der Waals surface area (Å²) in [6.45, 7) is 5.99. The molecule has 0 amide bonds. The summed E-state index contributed by atoms with van der Waals surface area (Å²) < 4.78 is 43.6. The van der Waals surface area contributed by atoms with Crippen molar-refractivity contribution in [1.29, 1.82) is 0 Å². The van der Waals surface area contributed by atoms with Crippen molar-refractivity contribution in [3.63, 3.8) is 0 Å². The van der Waals surface area contributed by atoms with Crippen LogP contribution in [-0.4, -0.2) is 42.4 Å². The van der Waals surface area contributed by atoms with E-state index in [1.165, 1.54) is 5.56 Å². The van der Waals surface area contributed by atoms with E-state index in [1.807, 2.05) is 47.1 Å².